The van der Waals surface area contributed by atoms with Gasteiger partial charge in [-0.2, -0.15) is 0 Å². The first-order valence-electron chi connectivity index (χ1n) is 7.22. The standard InChI is InChI=1S/C15H18O6S/c1-22(18,19)13-9-12-11(20-6-7-21-12)8-10(13)15(14(16)17)4-2-3-5-15/h8-9H,2-7H2,1H3,(H,16,17). The van der Waals surface area contributed by atoms with E-state index in [0.29, 0.717) is 43.1 Å². The van der Waals surface area contributed by atoms with Gasteiger partial charge in [0.1, 0.15) is 13.2 Å². The summed E-state index contributed by atoms with van der Waals surface area (Å²) in [5.74, 6) is -0.207. The molecule has 1 fully saturated rings. The van der Waals surface area contributed by atoms with Crippen molar-refractivity contribution in [3.63, 3.8) is 0 Å². The number of rotatable bonds is 3. The summed E-state index contributed by atoms with van der Waals surface area (Å²) < 4.78 is 35.3. The highest BCUT2D eigenvalue weighted by Gasteiger charge is 2.46. The summed E-state index contributed by atoms with van der Waals surface area (Å²) >= 11 is 0. The second-order valence-corrected chi connectivity index (χ2v) is 7.84. The van der Waals surface area contributed by atoms with Gasteiger partial charge in [0, 0.05) is 12.3 Å². The number of sulfone groups is 1. The van der Waals surface area contributed by atoms with Crippen LogP contribution in [0.5, 0.6) is 11.5 Å². The Hall–Kier alpha value is -1.76. The summed E-state index contributed by atoms with van der Waals surface area (Å²) in [4.78, 5) is 11.9. The first-order chi connectivity index (χ1) is 10.3. The highest BCUT2D eigenvalue weighted by Crippen LogP contribution is 2.47. The fraction of sp³-hybridized carbons (Fsp3) is 0.533. The lowest BCUT2D eigenvalue weighted by Gasteiger charge is -2.29. The molecule has 120 valence electrons. The Kier molecular flexibility index (Phi) is 3.55. The average molecular weight is 326 g/mol. The lowest BCUT2D eigenvalue weighted by molar-refractivity contribution is -0.143. The molecule has 1 aromatic carbocycles. The van der Waals surface area contributed by atoms with Gasteiger partial charge < -0.3 is 14.6 Å². The van der Waals surface area contributed by atoms with Crippen molar-refractivity contribution in [1.82, 2.24) is 0 Å². The van der Waals surface area contributed by atoms with Crippen LogP contribution in [0.2, 0.25) is 0 Å². The van der Waals surface area contributed by atoms with E-state index in [1.54, 1.807) is 6.07 Å². The number of benzene rings is 1. The lowest BCUT2D eigenvalue weighted by Crippen LogP contribution is -2.34. The quantitative estimate of drug-likeness (QED) is 0.910. The van der Waals surface area contributed by atoms with E-state index in [-0.39, 0.29) is 4.90 Å². The first-order valence-corrected chi connectivity index (χ1v) is 9.11. The molecule has 1 aliphatic carbocycles. The van der Waals surface area contributed by atoms with Crippen molar-refractivity contribution in [3.8, 4) is 11.5 Å². The Morgan fingerprint density at radius 2 is 1.68 bits per heavy atom. The van der Waals surface area contributed by atoms with E-state index in [9.17, 15) is 18.3 Å². The third-order valence-corrected chi connectivity index (χ3v) is 5.56. The summed E-state index contributed by atoms with van der Waals surface area (Å²) in [5.41, 5.74) is -0.835. The number of carboxylic acids is 1. The van der Waals surface area contributed by atoms with Crippen molar-refractivity contribution in [2.75, 3.05) is 19.5 Å². The van der Waals surface area contributed by atoms with Crippen molar-refractivity contribution in [2.45, 2.75) is 36.0 Å². The summed E-state index contributed by atoms with van der Waals surface area (Å²) in [6.07, 6.45) is 3.50. The Bertz CT molecular complexity index is 716. The van der Waals surface area contributed by atoms with Gasteiger partial charge in [-0.1, -0.05) is 12.8 Å². The Morgan fingerprint density at radius 1 is 1.14 bits per heavy atom. The molecule has 2 aliphatic rings. The molecule has 7 heteroatoms. The van der Waals surface area contributed by atoms with E-state index >= 15 is 0 Å². The predicted octanol–water partition coefficient (Wildman–Crippen LogP) is 1.76. The molecule has 1 aliphatic heterocycles. The Labute approximate surface area is 129 Å². The molecule has 0 saturated heterocycles. The van der Waals surface area contributed by atoms with Crippen molar-refractivity contribution >= 4 is 15.8 Å². The highest BCUT2D eigenvalue weighted by molar-refractivity contribution is 7.90. The fourth-order valence-electron chi connectivity index (χ4n) is 3.33. The van der Waals surface area contributed by atoms with E-state index in [2.05, 4.69) is 0 Å². The minimum absolute atomic E-state index is 0.0288. The molecule has 0 atom stereocenters. The minimum atomic E-state index is -3.57. The van der Waals surface area contributed by atoms with E-state index in [0.717, 1.165) is 19.1 Å². The number of fused-ring (bicyclic) bond motifs is 1. The van der Waals surface area contributed by atoms with Crippen molar-refractivity contribution in [3.05, 3.63) is 17.7 Å². The molecule has 1 heterocycles. The summed E-state index contributed by atoms with van der Waals surface area (Å²) in [6.45, 7) is 0.713. The zero-order valence-corrected chi connectivity index (χ0v) is 13.1. The molecular formula is C15H18O6S. The molecule has 1 aromatic rings. The Morgan fingerprint density at radius 3 is 2.18 bits per heavy atom. The van der Waals surface area contributed by atoms with Gasteiger partial charge in [-0.25, -0.2) is 8.42 Å². The van der Waals surface area contributed by atoms with E-state index < -0.39 is 21.2 Å². The number of aliphatic carboxylic acids is 1. The van der Waals surface area contributed by atoms with E-state index in [1.807, 2.05) is 0 Å². The zero-order chi connectivity index (χ0) is 16.0. The van der Waals surface area contributed by atoms with Gasteiger partial charge in [0.25, 0.3) is 0 Å². The molecule has 22 heavy (non-hydrogen) atoms. The van der Waals surface area contributed by atoms with Crippen LogP contribution in [0.15, 0.2) is 17.0 Å². The summed E-state index contributed by atoms with van der Waals surface area (Å²) in [6, 6.07) is 2.95. The average Bonchev–Trinajstić information content (AvgIpc) is 2.95. The van der Waals surface area contributed by atoms with Gasteiger partial charge in [-0.15, -0.1) is 0 Å². The maximum absolute atomic E-state index is 12.2. The third kappa shape index (κ3) is 2.33. The second kappa shape index (κ2) is 5.15. The third-order valence-electron chi connectivity index (χ3n) is 4.43. The van der Waals surface area contributed by atoms with Gasteiger partial charge in [0.05, 0.1) is 10.3 Å². The molecule has 0 spiro atoms. The second-order valence-electron chi connectivity index (χ2n) is 5.86. The van der Waals surface area contributed by atoms with Gasteiger partial charge in [0.2, 0.25) is 0 Å². The molecule has 0 bridgehead atoms. The molecule has 3 rings (SSSR count). The van der Waals surface area contributed by atoms with Crippen LogP contribution in [-0.2, 0) is 20.0 Å². The number of hydrogen-bond donors (Lipinski definition) is 1. The number of carbonyl (C=O) groups is 1. The lowest BCUT2D eigenvalue weighted by atomic mass is 9.78. The SMILES string of the molecule is CS(=O)(=O)c1cc2c(cc1C1(C(=O)O)CCCC1)OCCO2. The molecular weight excluding hydrogens is 308 g/mol. The van der Waals surface area contributed by atoms with Crippen LogP contribution < -0.4 is 9.47 Å². The molecule has 6 nitrogen and oxygen atoms in total. The number of carboxylic acid groups (broad SMARTS) is 1. The largest absolute Gasteiger partial charge is 0.486 e. The maximum Gasteiger partial charge on any atom is 0.314 e. The van der Waals surface area contributed by atoms with Crippen molar-refractivity contribution in [2.24, 2.45) is 0 Å². The van der Waals surface area contributed by atoms with Crippen molar-refractivity contribution in [1.29, 1.82) is 0 Å². The van der Waals surface area contributed by atoms with E-state index in [1.165, 1.54) is 6.07 Å². The highest BCUT2D eigenvalue weighted by atomic mass is 32.2. The van der Waals surface area contributed by atoms with Crippen LogP contribution in [-0.4, -0.2) is 39.0 Å². The van der Waals surface area contributed by atoms with Crippen LogP contribution in [0.3, 0.4) is 0 Å². The van der Waals surface area contributed by atoms with Crippen LogP contribution in [0, 0.1) is 0 Å². The normalized spacial score (nSPS) is 19.9. The molecule has 0 unspecified atom stereocenters. The van der Waals surface area contributed by atoms with Crippen molar-refractivity contribution < 1.29 is 27.8 Å². The molecule has 0 radical (unpaired) electrons. The molecule has 1 saturated carbocycles. The number of hydrogen-bond acceptors (Lipinski definition) is 5. The summed E-state index contributed by atoms with van der Waals surface area (Å²) in [7, 11) is -3.57. The predicted molar refractivity (Wildman–Crippen MR) is 78.3 cm³/mol. The monoisotopic (exact) mass is 326 g/mol. The minimum Gasteiger partial charge on any atom is -0.486 e. The van der Waals surface area contributed by atoms with Crippen LogP contribution in [0.25, 0.3) is 0 Å². The maximum atomic E-state index is 12.2. The zero-order valence-electron chi connectivity index (χ0n) is 12.3. The van der Waals surface area contributed by atoms with Crippen LogP contribution >= 0.6 is 0 Å². The van der Waals surface area contributed by atoms with Gasteiger partial charge in [-0.3, -0.25) is 4.79 Å². The van der Waals surface area contributed by atoms with Crippen LogP contribution in [0.4, 0.5) is 0 Å². The number of ether oxygens (including phenoxy) is 2. The smallest absolute Gasteiger partial charge is 0.314 e. The molecule has 0 aromatic heterocycles. The van der Waals surface area contributed by atoms with Gasteiger partial charge in [0.15, 0.2) is 21.3 Å². The fourth-order valence-corrected chi connectivity index (χ4v) is 4.30. The van der Waals surface area contributed by atoms with Crippen LogP contribution in [0.1, 0.15) is 31.2 Å². The molecule has 0 amide bonds. The first kappa shape index (κ1) is 15.1. The van der Waals surface area contributed by atoms with E-state index in [4.69, 9.17) is 9.47 Å². The van der Waals surface area contributed by atoms with Gasteiger partial charge >= 0.3 is 5.97 Å². The molecule has 1 N–H and O–H groups in total. The topological polar surface area (TPSA) is 89.9 Å². The summed E-state index contributed by atoms with van der Waals surface area (Å²) in [5, 5.41) is 9.74. The van der Waals surface area contributed by atoms with Gasteiger partial charge in [-0.05, 0) is 24.5 Å². The Balaban J connectivity index is 2.27.